The molecule has 0 spiro atoms. The summed E-state index contributed by atoms with van der Waals surface area (Å²) in [6.45, 7) is 4.58. The minimum absolute atomic E-state index is 0.583. The van der Waals surface area contributed by atoms with Crippen molar-refractivity contribution in [3.63, 3.8) is 0 Å². The molecule has 1 aliphatic carbocycles. The van der Waals surface area contributed by atoms with Crippen molar-refractivity contribution in [1.82, 2.24) is 14.8 Å². The summed E-state index contributed by atoms with van der Waals surface area (Å²) in [5.41, 5.74) is 9.54. The van der Waals surface area contributed by atoms with Crippen LogP contribution in [0.15, 0.2) is 6.20 Å². The molecule has 4 nitrogen and oxygen atoms in total. The Balaban J connectivity index is 2.20. The monoisotopic (exact) mass is 258 g/mol. The maximum Gasteiger partial charge on any atom is 0.152 e. The molecule has 0 aliphatic heterocycles. The predicted molar refractivity (Wildman–Crippen MR) is 78.1 cm³/mol. The van der Waals surface area contributed by atoms with Gasteiger partial charge in [-0.1, -0.05) is 13.8 Å². The minimum atomic E-state index is 0.583. The minimum Gasteiger partial charge on any atom is -0.382 e. The number of aromatic nitrogens is 3. The lowest BCUT2D eigenvalue weighted by molar-refractivity contribution is 0.447. The average molecular weight is 258 g/mol. The molecule has 2 N–H and O–H groups in total. The number of rotatable bonds is 2. The molecule has 1 unspecified atom stereocenters. The molecule has 1 aliphatic rings. The summed E-state index contributed by atoms with van der Waals surface area (Å²) < 4.78 is 1.85. The predicted octanol–water partition coefficient (Wildman–Crippen LogP) is 3.02. The molecule has 2 heterocycles. The molecule has 0 fully saturated rings. The van der Waals surface area contributed by atoms with E-state index < -0.39 is 0 Å². The molecule has 4 heteroatoms. The average Bonchev–Trinajstić information content (AvgIpc) is 2.70. The van der Waals surface area contributed by atoms with Crippen LogP contribution in [0.3, 0.4) is 0 Å². The largest absolute Gasteiger partial charge is 0.382 e. The van der Waals surface area contributed by atoms with Crippen LogP contribution in [0.25, 0.3) is 10.9 Å². The molecule has 1 atom stereocenters. The van der Waals surface area contributed by atoms with E-state index in [-0.39, 0.29) is 0 Å². The quantitative estimate of drug-likeness (QED) is 0.900. The first-order valence-electron chi connectivity index (χ1n) is 7.18. The second-order valence-electron chi connectivity index (χ2n) is 6.14. The first kappa shape index (κ1) is 12.5. The van der Waals surface area contributed by atoms with Crippen molar-refractivity contribution >= 4 is 16.7 Å². The topological polar surface area (TPSA) is 56.7 Å². The Morgan fingerprint density at radius 3 is 3.00 bits per heavy atom. The SMILES string of the molecule is CC(C)CC1CCCc2nc(N)c3nn(C)cc3c21. The third-order valence-corrected chi connectivity index (χ3v) is 4.06. The van der Waals surface area contributed by atoms with Crippen LogP contribution in [0.1, 0.15) is 50.3 Å². The summed E-state index contributed by atoms with van der Waals surface area (Å²) in [6.07, 6.45) is 6.87. The zero-order valence-electron chi connectivity index (χ0n) is 12.0. The molecule has 3 rings (SSSR count). The van der Waals surface area contributed by atoms with Gasteiger partial charge < -0.3 is 5.73 Å². The Labute approximate surface area is 114 Å². The van der Waals surface area contributed by atoms with Gasteiger partial charge in [-0.05, 0) is 43.1 Å². The Morgan fingerprint density at radius 1 is 1.47 bits per heavy atom. The zero-order chi connectivity index (χ0) is 13.6. The van der Waals surface area contributed by atoms with E-state index in [1.54, 1.807) is 0 Å². The number of hydrogen-bond acceptors (Lipinski definition) is 3. The summed E-state index contributed by atoms with van der Waals surface area (Å²) in [4.78, 5) is 4.61. The molecule has 0 bridgehead atoms. The lowest BCUT2D eigenvalue weighted by Gasteiger charge is -2.27. The Kier molecular flexibility index (Phi) is 2.96. The van der Waals surface area contributed by atoms with Gasteiger partial charge in [0.15, 0.2) is 5.82 Å². The number of anilines is 1. The Morgan fingerprint density at radius 2 is 2.26 bits per heavy atom. The van der Waals surface area contributed by atoms with E-state index in [1.807, 2.05) is 11.7 Å². The van der Waals surface area contributed by atoms with E-state index in [0.717, 1.165) is 11.9 Å². The molecule has 19 heavy (non-hydrogen) atoms. The standard InChI is InChI=1S/C15H22N4/c1-9(2)7-10-5-4-6-12-13(10)11-8-19(3)18-14(11)15(16)17-12/h8-10H,4-7H2,1-3H3,(H2,16,17). The van der Waals surface area contributed by atoms with Crippen molar-refractivity contribution in [1.29, 1.82) is 0 Å². The van der Waals surface area contributed by atoms with Crippen molar-refractivity contribution in [3.05, 3.63) is 17.5 Å². The first-order valence-corrected chi connectivity index (χ1v) is 7.18. The van der Waals surface area contributed by atoms with Gasteiger partial charge in [-0.2, -0.15) is 5.10 Å². The fourth-order valence-electron chi connectivity index (χ4n) is 3.40. The molecule has 0 saturated carbocycles. The number of nitrogen functional groups attached to an aromatic ring is 1. The maximum absolute atomic E-state index is 6.05. The molecule has 2 aromatic heterocycles. The van der Waals surface area contributed by atoms with E-state index in [2.05, 4.69) is 30.1 Å². The fourth-order valence-corrected chi connectivity index (χ4v) is 3.40. The number of hydrogen-bond donors (Lipinski definition) is 1. The van der Waals surface area contributed by atoms with E-state index in [4.69, 9.17) is 5.73 Å². The van der Waals surface area contributed by atoms with Gasteiger partial charge in [-0.3, -0.25) is 4.68 Å². The van der Waals surface area contributed by atoms with Crippen molar-refractivity contribution < 1.29 is 0 Å². The van der Waals surface area contributed by atoms with Crippen LogP contribution >= 0.6 is 0 Å². The Hall–Kier alpha value is -1.58. The highest BCUT2D eigenvalue weighted by Gasteiger charge is 2.26. The number of pyridine rings is 1. The van der Waals surface area contributed by atoms with Crippen molar-refractivity contribution in [2.45, 2.75) is 45.4 Å². The highest BCUT2D eigenvalue weighted by molar-refractivity contribution is 5.90. The third-order valence-electron chi connectivity index (χ3n) is 4.06. The second kappa shape index (κ2) is 4.51. The number of aryl methyl sites for hydroxylation is 2. The summed E-state index contributed by atoms with van der Waals surface area (Å²) in [6, 6.07) is 0. The van der Waals surface area contributed by atoms with Crippen LogP contribution in [0.2, 0.25) is 0 Å². The molecule has 102 valence electrons. The smallest absolute Gasteiger partial charge is 0.152 e. The van der Waals surface area contributed by atoms with Crippen LogP contribution < -0.4 is 5.73 Å². The van der Waals surface area contributed by atoms with Gasteiger partial charge >= 0.3 is 0 Å². The van der Waals surface area contributed by atoms with E-state index in [1.165, 1.54) is 35.9 Å². The lowest BCUT2D eigenvalue weighted by atomic mass is 9.79. The lowest BCUT2D eigenvalue weighted by Crippen LogP contribution is -2.15. The number of fused-ring (bicyclic) bond motifs is 3. The molecule has 2 aromatic rings. The van der Waals surface area contributed by atoms with Crippen molar-refractivity contribution in [2.75, 3.05) is 5.73 Å². The van der Waals surface area contributed by atoms with Gasteiger partial charge in [0.2, 0.25) is 0 Å². The van der Waals surface area contributed by atoms with Crippen LogP contribution in [0.4, 0.5) is 5.82 Å². The van der Waals surface area contributed by atoms with Gasteiger partial charge in [0.1, 0.15) is 5.52 Å². The molecule has 0 amide bonds. The molecular weight excluding hydrogens is 236 g/mol. The highest BCUT2D eigenvalue weighted by atomic mass is 15.3. The maximum atomic E-state index is 6.05. The summed E-state index contributed by atoms with van der Waals surface area (Å²) in [5.74, 6) is 1.91. The summed E-state index contributed by atoms with van der Waals surface area (Å²) in [7, 11) is 1.95. The number of nitrogens with two attached hydrogens (primary N) is 1. The van der Waals surface area contributed by atoms with Crippen molar-refractivity contribution in [2.24, 2.45) is 13.0 Å². The van der Waals surface area contributed by atoms with Gasteiger partial charge in [0.05, 0.1) is 0 Å². The van der Waals surface area contributed by atoms with Crippen LogP contribution in [-0.2, 0) is 13.5 Å². The van der Waals surface area contributed by atoms with Crippen molar-refractivity contribution in [3.8, 4) is 0 Å². The van der Waals surface area contributed by atoms with Gasteiger partial charge in [0.25, 0.3) is 0 Å². The molecule has 0 radical (unpaired) electrons. The van der Waals surface area contributed by atoms with E-state index >= 15 is 0 Å². The Bertz CT molecular complexity index is 612. The van der Waals surface area contributed by atoms with Gasteiger partial charge in [-0.15, -0.1) is 0 Å². The third kappa shape index (κ3) is 2.09. The molecule has 0 saturated heterocycles. The van der Waals surface area contributed by atoms with Gasteiger partial charge in [-0.25, -0.2) is 4.98 Å². The fraction of sp³-hybridized carbons (Fsp3) is 0.600. The first-order chi connectivity index (χ1) is 9.06. The van der Waals surface area contributed by atoms with E-state index in [9.17, 15) is 0 Å². The number of nitrogens with zero attached hydrogens (tertiary/aromatic N) is 3. The summed E-state index contributed by atoms with van der Waals surface area (Å²) >= 11 is 0. The summed E-state index contributed by atoms with van der Waals surface area (Å²) in [5, 5.41) is 5.68. The van der Waals surface area contributed by atoms with E-state index in [0.29, 0.717) is 17.7 Å². The molecule has 0 aromatic carbocycles. The normalized spacial score (nSPS) is 19.1. The van der Waals surface area contributed by atoms with Crippen LogP contribution in [0.5, 0.6) is 0 Å². The van der Waals surface area contributed by atoms with Crippen LogP contribution in [0, 0.1) is 5.92 Å². The second-order valence-corrected chi connectivity index (χ2v) is 6.14. The zero-order valence-corrected chi connectivity index (χ0v) is 12.0. The van der Waals surface area contributed by atoms with Gasteiger partial charge in [0, 0.05) is 24.3 Å². The van der Waals surface area contributed by atoms with Crippen LogP contribution in [-0.4, -0.2) is 14.8 Å². The highest BCUT2D eigenvalue weighted by Crippen LogP contribution is 2.40. The molecular formula is C15H22N4.